The molecule has 5 rings (SSSR count). The molecule has 1 aromatic heterocycles. The zero-order chi connectivity index (χ0) is 25.8. The summed E-state index contributed by atoms with van der Waals surface area (Å²) in [7, 11) is 0. The van der Waals surface area contributed by atoms with Crippen molar-refractivity contribution in [3.63, 3.8) is 0 Å². The van der Waals surface area contributed by atoms with E-state index in [2.05, 4.69) is 26.5 Å². The van der Waals surface area contributed by atoms with Crippen molar-refractivity contribution >= 4 is 55.8 Å². The van der Waals surface area contributed by atoms with Crippen molar-refractivity contribution in [3.8, 4) is 5.75 Å². The van der Waals surface area contributed by atoms with Gasteiger partial charge in [0, 0.05) is 15.2 Å². The number of para-hydroxylation sites is 2. The number of ether oxygens (including phenoxy) is 1. The van der Waals surface area contributed by atoms with Gasteiger partial charge in [-0.15, -0.1) is 0 Å². The third-order valence-electron chi connectivity index (χ3n) is 5.77. The normalized spacial score (nSPS) is 11.2. The second kappa shape index (κ2) is 10.6. The monoisotopic (exact) mass is 553 g/mol. The van der Waals surface area contributed by atoms with E-state index in [0.717, 1.165) is 0 Å². The molecule has 0 saturated carbocycles. The fourth-order valence-corrected chi connectivity index (χ4v) is 4.46. The number of nitrogens with zero attached hydrogens (tertiary/aromatic N) is 2. The number of halogens is 1. The molecule has 0 fully saturated rings. The van der Waals surface area contributed by atoms with E-state index in [-0.39, 0.29) is 17.9 Å². The second-order valence-corrected chi connectivity index (χ2v) is 9.04. The molecule has 1 amide bonds. The number of hydrazone groups is 1. The highest BCUT2D eigenvalue weighted by atomic mass is 79.9. The van der Waals surface area contributed by atoms with Gasteiger partial charge in [0.15, 0.2) is 5.43 Å². The Morgan fingerprint density at radius 1 is 0.838 bits per heavy atom. The van der Waals surface area contributed by atoms with Crippen LogP contribution in [0.2, 0.25) is 0 Å². The van der Waals surface area contributed by atoms with Gasteiger partial charge in [-0.2, -0.15) is 5.10 Å². The molecular weight excluding hydrogens is 534 g/mol. The number of carbonyl (C=O) groups is 2. The lowest BCUT2D eigenvalue weighted by atomic mass is 10.1. The first-order valence-corrected chi connectivity index (χ1v) is 12.2. The highest BCUT2D eigenvalue weighted by Crippen LogP contribution is 2.20. The molecule has 7 nitrogen and oxygen atoms in total. The fourth-order valence-electron chi connectivity index (χ4n) is 4.02. The Morgan fingerprint density at radius 2 is 1.43 bits per heavy atom. The second-order valence-electron chi connectivity index (χ2n) is 8.18. The summed E-state index contributed by atoms with van der Waals surface area (Å²) in [6.45, 7) is -0.0113. The van der Waals surface area contributed by atoms with Gasteiger partial charge in [0.1, 0.15) is 12.3 Å². The van der Waals surface area contributed by atoms with E-state index in [0.29, 0.717) is 43.2 Å². The first-order chi connectivity index (χ1) is 18.0. The molecule has 0 aliphatic heterocycles. The van der Waals surface area contributed by atoms with Crippen molar-refractivity contribution in [1.82, 2.24) is 9.99 Å². The lowest BCUT2D eigenvalue weighted by Gasteiger charge is -2.14. The third kappa shape index (κ3) is 5.19. The summed E-state index contributed by atoms with van der Waals surface area (Å²) in [6.07, 6.45) is 1.50. The summed E-state index contributed by atoms with van der Waals surface area (Å²) in [5, 5.41) is 5.16. The lowest BCUT2D eigenvalue weighted by molar-refractivity contribution is -0.121. The number of nitrogens with one attached hydrogen (secondary N) is 1. The Morgan fingerprint density at radius 3 is 2.08 bits per heavy atom. The molecule has 37 heavy (non-hydrogen) atoms. The number of hydrogen-bond donors (Lipinski definition) is 1. The van der Waals surface area contributed by atoms with Crippen molar-refractivity contribution in [2.24, 2.45) is 5.10 Å². The molecule has 8 heteroatoms. The Hall–Kier alpha value is -4.56. The molecule has 0 saturated heterocycles. The molecule has 0 spiro atoms. The molecule has 0 aliphatic carbocycles. The quantitative estimate of drug-likeness (QED) is 0.102. The van der Waals surface area contributed by atoms with Crippen LogP contribution >= 0.6 is 15.9 Å². The van der Waals surface area contributed by atoms with Gasteiger partial charge in [-0.1, -0.05) is 36.4 Å². The van der Waals surface area contributed by atoms with Crippen LogP contribution in [0.15, 0.2) is 111 Å². The Bertz CT molecular complexity index is 1670. The minimum atomic E-state index is -0.469. The third-order valence-corrected chi connectivity index (χ3v) is 6.46. The number of carbonyl (C=O) groups excluding carboxylic acids is 2. The van der Waals surface area contributed by atoms with Crippen LogP contribution in [-0.2, 0) is 11.3 Å². The van der Waals surface area contributed by atoms with Crippen LogP contribution in [-0.4, -0.2) is 22.7 Å². The van der Waals surface area contributed by atoms with E-state index in [9.17, 15) is 14.4 Å². The molecule has 4 aromatic carbocycles. The topological polar surface area (TPSA) is 89.8 Å². The van der Waals surface area contributed by atoms with Crippen LogP contribution < -0.4 is 15.6 Å². The maximum Gasteiger partial charge on any atom is 0.344 e. The van der Waals surface area contributed by atoms with E-state index in [1.807, 2.05) is 34.9 Å². The van der Waals surface area contributed by atoms with Gasteiger partial charge in [-0.3, -0.25) is 9.59 Å². The Labute approximate surface area is 220 Å². The zero-order valence-corrected chi connectivity index (χ0v) is 21.0. The summed E-state index contributed by atoms with van der Waals surface area (Å²) in [6, 6.07) is 28.2. The smallest absolute Gasteiger partial charge is 0.344 e. The number of fused-ring (bicyclic) bond motifs is 2. The number of pyridine rings is 1. The number of rotatable bonds is 6. The van der Waals surface area contributed by atoms with Crippen LogP contribution in [0.5, 0.6) is 5.75 Å². The van der Waals surface area contributed by atoms with Gasteiger partial charge < -0.3 is 9.30 Å². The highest BCUT2D eigenvalue weighted by molar-refractivity contribution is 9.10. The zero-order valence-electron chi connectivity index (χ0n) is 19.4. The molecule has 1 N–H and O–H groups in total. The van der Waals surface area contributed by atoms with E-state index < -0.39 is 5.97 Å². The predicted molar refractivity (Wildman–Crippen MR) is 147 cm³/mol. The predicted octanol–water partition coefficient (Wildman–Crippen LogP) is 5.29. The molecule has 1 heterocycles. The SMILES string of the molecule is O=C(Cn1c2ccccc2c(=O)c2ccccc21)N/N=C\c1ccc(OC(=O)c2ccccc2Br)cc1. The minimum absolute atomic E-state index is 0.0113. The minimum Gasteiger partial charge on any atom is -0.423 e. The average molecular weight is 554 g/mol. The van der Waals surface area contributed by atoms with Crippen molar-refractivity contribution in [3.05, 3.63) is 123 Å². The molecule has 0 bridgehead atoms. The number of esters is 1. The first kappa shape index (κ1) is 24.1. The molecular formula is C29H20BrN3O4. The standard InChI is InChI=1S/C29H20BrN3O4/c30-24-10-4-1-7-21(24)29(36)37-20-15-13-19(14-16-20)17-31-32-27(34)18-33-25-11-5-2-8-22(25)28(35)23-9-3-6-12-26(23)33/h1-17H,18H2,(H,32,34)/b31-17-. The molecule has 0 unspecified atom stereocenters. The van der Waals surface area contributed by atoms with E-state index in [1.54, 1.807) is 66.7 Å². The van der Waals surface area contributed by atoms with Crippen molar-refractivity contribution < 1.29 is 14.3 Å². The van der Waals surface area contributed by atoms with Gasteiger partial charge >= 0.3 is 5.97 Å². The van der Waals surface area contributed by atoms with Crippen LogP contribution in [0.1, 0.15) is 15.9 Å². The summed E-state index contributed by atoms with van der Waals surface area (Å²) in [4.78, 5) is 37.9. The molecule has 0 radical (unpaired) electrons. The van der Waals surface area contributed by atoms with E-state index in [1.165, 1.54) is 6.21 Å². The van der Waals surface area contributed by atoms with Crippen LogP contribution in [0.3, 0.4) is 0 Å². The molecule has 0 aliphatic rings. The fraction of sp³-hybridized carbons (Fsp3) is 0.0345. The van der Waals surface area contributed by atoms with Crippen molar-refractivity contribution in [2.75, 3.05) is 0 Å². The summed E-state index contributed by atoms with van der Waals surface area (Å²) in [5.74, 6) is -0.420. The molecule has 0 atom stereocenters. The largest absolute Gasteiger partial charge is 0.423 e. The van der Waals surface area contributed by atoms with Gasteiger partial charge in [0.25, 0.3) is 5.91 Å². The Kier molecular flexibility index (Phi) is 6.91. The number of benzene rings is 4. The van der Waals surface area contributed by atoms with Crippen molar-refractivity contribution in [2.45, 2.75) is 6.54 Å². The Balaban J connectivity index is 1.27. The number of aromatic nitrogens is 1. The maximum atomic E-state index is 12.9. The first-order valence-electron chi connectivity index (χ1n) is 11.4. The van der Waals surface area contributed by atoms with Gasteiger partial charge in [0.05, 0.1) is 22.8 Å². The van der Waals surface area contributed by atoms with Crippen LogP contribution in [0.4, 0.5) is 0 Å². The average Bonchev–Trinajstić information content (AvgIpc) is 2.92. The molecule has 5 aromatic rings. The van der Waals surface area contributed by atoms with Gasteiger partial charge in [0.2, 0.25) is 0 Å². The maximum absolute atomic E-state index is 12.9. The van der Waals surface area contributed by atoms with E-state index in [4.69, 9.17) is 4.74 Å². The summed E-state index contributed by atoms with van der Waals surface area (Å²) < 4.78 is 7.88. The van der Waals surface area contributed by atoms with E-state index >= 15 is 0 Å². The van der Waals surface area contributed by atoms with Crippen LogP contribution in [0, 0.1) is 0 Å². The summed E-state index contributed by atoms with van der Waals surface area (Å²) in [5.41, 5.74) is 4.97. The summed E-state index contributed by atoms with van der Waals surface area (Å²) >= 11 is 3.34. The van der Waals surface area contributed by atoms with Gasteiger partial charge in [-0.25, -0.2) is 10.2 Å². The van der Waals surface area contributed by atoms with Crippen molar-refractivity contribution in [1.29, 1.82) is 0 Å². The highest BCUT2D eigenvalue weighted by Gasteiger charge is 2.13. The van der Waals surface area contributed by atoms with Crippen LogP contribution in [0.25, 0.3) is 21.8 Å². The molecule has 182 valence electrons. The number of amides is 1. The van der Waals surface area contributed by atoms with Gasteiger partial charge in [-0.05, 0) is 82.2 Å². The lowest BCUT2D eigenvalue weighted by Crippen LogP contribution is -2.25. The number of hydrogen-bond acceptors (Lipinski definition) is 5.